The topological polar surface area (TPSA) is 83.6 Å². The monoisotopic (exact) mass is 362 g/mol. The van der Waals surface area contributed by atoms with E-state index in [1.54, 1.807) is 11.3 Å². The van der Waals surface area contributed by atoms with Crippen LogP contribution in [-0.4, -0.2) is 38.6 Å². The second-order valence-electron chi connectivity index (χ2n) is 6.80. The Morgan fingerprint density at radius 3 is 2.72 bits per heavy atom. The van der Waals surface area contributed by atoms with Gasteiger partial charge in [0.2, 0.25) is 0 Å². The van der Waals surface area contributed by atoms with Gasteiger partial charge >= 0.3 is 5.97 Å². The molecule has 1 aromatic heterocycles. The minimum Gasteiger partial charge on any atom is -0.469 e. The van der Waals surface area contributed by atoms with Crippen molar-refractivity contribution in [3.63, 3.8) is 0 Å². The number of carbonyl (C=O) groups excluding carboxylic acids is 2. The number of ether oxygens (including phenoxy) is 1. The van der Waals surface area contributed by atoms with Gasteiger partial charge in [-0.2, -0.15) is 5.26 Å². The molecular formula is C18H24N3O3S+. The summed E-state index contributed by atoms with van der Waals surface area (Å²) in [6.07, 6.45) is 5.74. The number of aryl methyl sites for hydroxylation is 1. The average molecular weight is 362 g/mol. The lowest BCUT2D eigenvalue weighted by Crippen LogP contribution is -3.14. The van der Waals surface area contributed by atoms with Crippen LogP contribution in [0.5, 0.6) is 0 Å². The molecule has 0 aromatic carbocycles. The first kappa shape index (κ1) is 17.9. The summed E-state index contributed by atoms with van der Waals surface area (Å²) in [6, 6.07) is 2.27. The molecule has 0 atom stereocenters. The second-order valence-corrected chi connectivity index (χ2v) is 7.90. The van der Waals surface area contributed by atoms with Crippen LogP contribution in [0.4, 0.5) is 5.00 Å². The molecule has 0 unspecified atom stereocenters. The Morgan fingerprint density at radius 2 is 2.04 bits per heavy atom. The summed E-state index contributed by atoms with van der Waals surface area (Å²) in [5.41, 5.74) is 1.80. The number of likely N-dealkylation sites (tertiary alicyclic amines) is 1. The molecule has 134 valence electrons. The molecule has 25 heavy (non-hydrogen) atoms. The van der Waals surface area contributed by atoms with Gasteiger partial charge in [-0.3, -0.25) is 9.59 Å². The van der Waals surface area contributed by atoms with Crippen LogP contribution in [-0.2, 0) is 27.2 Å². The molecule has 3 rings (SSSR count). The van der Waals surface area contributed by atoms with Gasteiger partial charge in [-0.25, -0.2) is 0 Å². The van der Waals surface area contributed by atoms with E-state index < -0.39 is 0 Å². The van der Waals surface area contributed by atoms with Crippen molar-refractivity contribution in [2.24, 2.45) is 5.92 Å². The first-order chi connectivity index (χ1) is 12.1. The van der Waals surface area contributed by atoms with Crippen molar-refractivity contribution >= 4 is 28.2 Å². The van der Waals surface area contributed by atoms with E-state index in [1.165, 1.54) is 16.9 Å². The minimum atomic E-state index is -0.147. The van der Waals surface area contributed by atoms with Crippen LogP contribution in [0.2, 0.25) is 0 Å². The molecule has 2 N–H and O–H groups in total. The number of carbonyl (C=O) groups is 2. The molecule has 1 aliphatic heterocycles. The molecular weight excluding hydrogens is 338 g/mol. The molecule has 0 radical (unpaired) electrons. The Bertz CT molecular complexity index is 699. The van der Waals surface area contributed by atoms with Gasteiger partial charge in [0.1, 0.15) is 11.1 Å². The molecule has 1 aliphatic carbocycles. The number of rotatable bonds is 4. The van der Waals surface area contributed by atoms with Gasteiger partial charge in [0, 0.05) is 17.7 Å². The summed E-state index contributed by atoms with van der Waals surface area (Å²) >= 11 is 1.56. The standard InChI is InChI=1S/C18H23N3O3S/c1-24-18(23)12-6-8-21(9-7-12)11-16(22)20-17-14(10-19)13-4-2-3-5-15(13)25-17/h12H,2-9,11H2,1H3,(H,20,22)/p+1. The number of nitrogens with one attached hydrogen (secondary N) is 2. The summed E-state index contributed by atoms with van der Waals surface area (Å²) in [5, 5.41) is 13.1. The normalized spacial score (nSPS) is 22.6. The molecule has 2 heterocycles. The summed E-state index contributed by atoms with van der Waals surface area (Å²) < 4.78 is 4.79. The van der Waals surface area contributed by atoms with E-state index in [1.807, 2.05) is 0 Å². The number of esters is 1. The van der Waals surface area contributed by atoms with Gasteiger partial charge in [0.15, 0.2) is 6.54 Å². The van der Waals surface area contributed by atoms with Gasteiger partial charge in [0.05, 0.1) is 31.7 Å². The van der Waals surface area contributed by atoms with Crippen LogP contribution < -0.4 is 10.2 Å². The fourth-order valence-corrected chi connectivity index (χ4v) is 5.03. The highest BCUT2D eigenvalue weighted by Gasteiger charge is 2.29. The van der Waals surface area contributed by atoms with Crippen LogP contribution in [0.25, 0.3) is 0 Å². The van der Waals surface area contributed by atoms with Crippen molar-refractivity contribution in [1.82, 2.24) is 0 Å². The predicted octanol–water partition coefficient (Wildman–Crippen LogP) is 0.905. The van der Waals surface area contributed by atoms with Gasteiger partial charge in [-0.1, -0.05) is 0 Å². The highest BCUT2D eigenvalue weighted by atomic mass is 32.1. The number of quaternary nitrogens is 1. The lowest BCUT2D eigenvalue weighted by Gasteiger charge is -2.27. The second kappa shape index (κ2) is 7.98. The molecule has 0 spiro atoms. The van der Waals surface area contributed by atoms with E-state index in [0.717, 1.165) is 57.2 Å². The SMILES string of the molecule is COC(=O)C1CC[NH+](CC(=O)Nc2sc3c(c2C#N)CCCC3)CC1. The van der Waals surface area contributed by atoms with Crippen molar-refractivity contribution in [3.05, 3.63) is 16.0 Å². The quantitative estimate of drug-likeness (QED) is 0.780. The zero-order valence-corrected chi connectivity index (χ0v) is 15.3. The zero-order chi connectivity index (χ0) is 17.8. The fraction of sp³-hybridized carbons (Fsp3) is 0.611. The number of anilines is 1. The number of nitrogens with zero attached hydrogens (tertiary/aromatic N) is 1. The van der Waals surface area contributed by atoms with Crippen molar-refractivity contribution in [1.29, 1.82) is 5.26 Å². The Hall–Kier alpha value is -1.91. The van der Waals surface area contributed by atoms with Crippen molar-refractivity contribution in [3.8, 4) is 6.07 Å². The molecule has 0 saturated carbocycles. The third-order valence-corrected chi connectivity index (χ3v) is 6.38. The van der Waals surface area contributed by atoms with Crippen LogP contribution in [0.3, 0.4) is 0 Å². The van der Waals surface area contributed by atoms with Crippen LogP contribution in [0.15, 0.2) is 0 Å². The van der Waals surface area contributed by atoms with Gasteiger partial charge in [-0.15, -0.1) is 11.3 Å². The van der Waals surface area contributed by atoms with Crippen molar-refractivity contribution < 1.29 is 19.2 Å². The first-order valence-electron chi connectivity index (χ1n) is 8.88. The molecule has 1 amide bonds. The van der Waals surface area contributed by atoms with Crippen LogP contribution in [0, 0.1) is 17.2 Å². The lowest BCUT2D eigenvalue weighted by atomic mass is 9.96. The van der Waals surface area contributed by atoms with Crippen LogP contribution in [0.1, 0.15) is 41.7 Å². The molecule has 1 saturated heterocycles. The molecule has 6 nitrogen and oxygen atoms in total. The van der Waals surface area contributed by atoms with E-state index in [4.69, 9.17) is 4.74 Å². The molecule has 2 aliphatic rings. The highest BCUT2D eigenvalue weighted by Crippen LogP contribution is 2.37. The first-order valence-corrected chi connectivity index (χ1v) is 9.70. The van der Waals surface area contributed by atoms with E-state index in [-0.39, 0.29) is 17.8 Å². The third-order valence-electron chi connectivity index (χ3n) is 5.17. The number of nitriles is 1. The predicted molar refractivity (Wildman–Crippen MR) is 94.6 cm³/mol. The maximum Gasteiger partial charge on any atom is 0.309 e. The van der Waals surface area contributed by atoms with Gasteiger partial charge in [0.25, 0.3) is 5.91 Å². The summed E-state index contributed by atoms with van der Waals surface area (Å²) in [7, 11) is 1.42. The van der Waals surface area contributed by atoms with Gasteiger partial charge < -0.3 is 15.0 Å². The van der Waals surface area contributed by atoms with E-state index >= 15 is 0 Å². The molecule has 1 fully saturated rings. The van der Waals surface area contributed by atoms with E-state index in [0.29, 0.717) is 17.1 Å². The number of hydrogen-bond donors (Lipinski definition) is 2. The number of methoxy groups -OCH3 is 1. The maximum atomic E-state index is 12.4. The Morgan fingerprint density at radius 1 is 1.32 bits per heavy atom. The largest absolute Gasteiger partial charge is 0.469 e. The summed E-state index contributed by atoms with van der Waals surface area (Å²) in [4.78, 5) is 26.4. The highest BCUT2D eigenvalue weighted by molar-refractivity contribution is 7.16. The van der Waals surface area contributed by atoms with Crippen molar-refractivity contribution in [2.45, 2.75) is 38.5 Å². The average Bonchev–Trinajstić information content (AvgIpc) is 2.98. The lowest BCUT2D eigenvalue weighted by molar-refractivity contribution is -0.897. The Balaban J connectivity index is 1.56. The van der Waals surface area contributed by atoms with Crippen molar-refractivity contribution in [2.75, 3.05) is 32.1 Å². The number of amides is 1. The number of hydrogen-bond acceptors (Lipinski definition) is 5. The van der Waals surface area contributed by atoms with Gasteiger partial charge in [-0.05, 0) is 31.2 Å². The summed E-state index contributed by atoms with van der Waals surface area (Å²) in [6.45, 7) is 1.96. The third kappa shape index (κ3) is 4.02. The smallest absolute Gasteiger partial charge is 0.309 e. The number of piperidine rings is 1. The van der Waals surface area contributed by atoms with E-state index in [2.05, 4.69) is 11.4 Å². The molecule has 7 heteroatoms. The Kier molecular flexibility index (Phi) is 5.71. The number of thiophene rings is 1. The number of fused-ring (bicyclic) bond motifs is 1. The summed E-state index contributed by atoms with van der Waals surface area (Å²) in [5.74, 6) is -0.237. The van der Waals surface area contributed by atoms with E-state index in [9.17, 15) is 14.9 Å². The maximum absolute atomic E-state index is 12.4. The minimum absolute atomic E-state index is 0.0361. The molecule has 1 aromatic rings. The Labute approximate surface area is 151 Å². The fourth-order valence-electron chi connectivity index (χ4n) is 3.78. The van der Waals surface area contributed by atoms with Crippen LogP contribution >= 0.6 is 11.3 Å². The molecule has 0 bridgehead atoms. The zero-order valence-electron chi connectivity index (χ0n) is 14.5.